The Bertz CT molecular complexity index is 641. The first-order valence-corrected chi connectivity index (χ1v) is 10.5. The van der Waals surface area contributed by atoms with Gasteiger partial charge in [-0.25, -0.2) is 0 Å². The number of hydrogen-bond donors (Lipinski definition) is 0. The summed E-state index contributed by atoms with van der Waals surface area (Å²) < 4.78 is 13.9. The molecule has 2 unspecified atom stereocenters. The molecule has 2 aromatic rings. The second-order valence-electron chi connectivity index (χ2n) is 7.92. The minimum absolute atomic E-state index is 0.272. The second-order valence-corrected chi connectivity index (χ2v) is 10.9. The molecule has 0 bridgehead atoms. The van der Waals surface area contributed by atoms with Crippen molar-refractivity contribution in [3.8, 4) is 0 Å². The summed E-state index contributed by atoms with van der Waals surface area (Å²) in [5.74, 6) is 0.449. The van der Waals surface area contributed by atoms with Crippen molar-refractivity contribution in [3.05, 3.63) is 66.2 Å². The van der Waals surface area contributed by atoms with E-state index in [0.29, 0.717) is 12.1 Å². The van der Waals surface area contributed by atoms with Crippen LogP contribution in [0.25, 0.3) is 0 Å². The van der Waals surface area contributed by atoms with Gasteiger partial charge in [0, 0.05) is 17.6 Å². The van der Waals surface area contributed by atoms with Gasteiger partial charge in [-0.3, -0.25) is 0 Å². The van der Waals surface area contributed by atoms with Gasteiger partial charge < -0.3 is 4.57 Å². The summed E-state index contributed by atoms with van der Waals surface area (Å²) in [6.45, 7) is 9.02. The molecule has 0 spiro atoms. The standard InChI is InChI=1S/C21H29OP/c1-18(15-21(2,3)4)16-23(22,20-13-9-6-10-14-20)17-19-11-7-5-8-12-19/h5-14,18H,15-17H2,1-4H3. The molecule has 0 saturated carbocycles. The summed E-state index contributed by atoms with van der Waals surface area (Å²) in [6, 6.07) is 20.3. The minimum Gasteiger partial charge on any atom is -0.318 e. The largest absolute Gasteiger partial charge is 0.318 e. The second kappa shape index (κ2) is 7.49. The fraction of sp³-hybridized carbons (Fsp3) is 0.429. The van der Waals surface area contributed by atoms with Gasteiger partial charge in [0.2, 0.25) is 0 Å². The van der Waals surface area contributed by atoms with E-state index in [0.717, 1.165) is 17.9 Å². The van der Waals surface area contributed by atoms with E-state index in [2.05, 4.69) is 39.8 Å². The average molecular weight is 328 g/mol. The zero-order valence-corrected chi connectivity index (χ0v) is 15.7. The summed E-state index contributed by atoms with van der Waals surface area (Å²) in [5.41, 5.74) is 1.44. The normalized spacial score (nSPS) is 15.8. The van der Waals surface area contributed by atoms with Crippen LogP contribution in [0.2, 0.25) is 0 Å². The molecule has 23 heavy (non-hydrogen) atoms. The topological polar surface area (TPSA) is 17.1 Å². The number of rotatable bonds is 6. The van der Waals surface area contributed by atoms with E-state index >= 15 is 0 Å². The molecule has 2 heteroatoms. The van der Waals surface area contributed by atoms with Gasteiger partial charge in [0.1, 0.15) is 7.14 Å². The van der Waals surface area contributed by atoms with Crippen LogP contribution in [0.4, 0.5) is 0 Å². The minimum atomic E-state index is -2.44. The molecule has 0 aliphatic heterocycles. The molecule has 0 saturated heterocycles. The maximum atomic E-state index is 13.9. The lowest BCUT2D eigenvalue weighted by atomic mass is 9.86. The zero-order valence-electron chi connectivity index (χ0n) is 14.8. The van der Waals surface area contributed by atoms with E-state index in [9.17, 15) is 4.57 Å². The molecule has 0 aromatic heterocycles. The van der Waals surface area contributed by atoms with Gasteiger partial charge >= 0.3 is 0 Å². The third-order valence-corrected chi connectivity index (χ3v) is 7.40. The van der Waals surface area contributed by atoms with E-state index in [1.165, 1.54) is 5.56 Å². The molecular weight excluding hydrogens is 299 g/mol. The lowest BCUT2D eigenvalue weighted by Crippen LogP contribution is -2.18. The first kappa shape index (κ1) is 18.0. The molecule has 0 aliphatic rings. The predicted octanol–water partition coefficient (Wildman–Crippen LogP) is 5.95. The lowest BCUT2D eigenvalue weighted by molar-refractivity contribution is 0.321. The van der Waals surface area contributed by atoms with Crippen molar-refractivity contribution in [2.75, 3.05) is 6.16 Å². The summed E-state index contributed by atoms with van der Waals surface area (Å²) in [4.78, 5) is 0. The van der Waals surface area contributed by atoms with Gasteiger partial charge in [0.25, 0.3) is 0 Å². The van der Waals surface area contributed by atoms with Crippen molar-refractivity contribution in [1.82, 2.24) is 0 Å². The van der Waals surface area contributed by atoms with Crippen LogP contribution in [0.3, 0.4) is 0 Å². The zero-order chi connectivity index (χ0) is 16.9. The molecule has 2 rings (SSSR count). The Labute approximate surface area is 141 Å². The summed E-state index contributed by atoms with van der Waals surface area (Å²) in [6.07, 6.45) is 2.54. The maximum absolute atomic E-state index is 13.9. The highest BCUT2D eigenvalue weighted by atomic mass is 31.2. The van der Waals surface area contributed by atoms with Crippen molar-refractivity contribution < 1.29 is 4.57 Å². The number of benzene rings is 2. The predicted molar refractivity (Wildman–Crippen MR) is 102 cm³/mol. The van der Waals surface area contributed by atoms with Crippen LogP contribution in [-0.4, -0.2) is 6.16 Å². The van der Waals surface area contributed by atoms with E-state index in [4.69, 9.17) is 0 Å². The van der Waals surface area contributed by atoms with Crippen molar-refractivity contribution in [2.24, 2.45) is 11.3 Å². The molecule has 2 aromatic carbocycles. The summed E-state index contributed by atoms with van der Waals surface area (Å²) in [5, 5.41) is 1.02. The van der Waals surface area contributed by atoms with Crippen LogP contribution in [0.15, 0.2) is 60.7 Å². The summed E-state index contributed by atoms with van der Waals surface area (Å²) >= 11 is 0. The van der Waals surface area contributed by atoms with Gasteiger partial charge in [-0.05, 0) is 23.3 Å². The Kier molecular flexibility index (Phi) is 5.87. The summed E-state index contributed by atoms with van der Waals surface area (Å²) in [7, 11) is -2.44. The lowest BCUT2D eigenvalue weighted by Gasteiger charge is -2.27. The fourth-order valence-corrected chi connectivity index (χ4v) is 6.63. The Morgan fingerprint density at radius 3 is 1.96 bits per heavy atom. The van der Waals surface area contributed by atoms with Gasteiger partial charge in [-0.15, -0.1) is 0 Å². The van der Waals surface area contributed by atoms with Crippen molar-refractivity contribution in [3.63, 3.8) is 0 Å². The van der Waals surface area contributed by atoms with Crippen molar-refractivity contribution in [1.29, 1.82) is 0 Å². The monoisotopic (exact) mass is 328 g/mol. The first-order valence-electron chi connectivity index (χ1n) is 8.46. The van der Waals surface area contributed by atoms with Gasteiger partial charge in [-0.1, -0.05) is 88.4 Å². The van der Waals surface area contributed by atoms with E-state index in [1.807, 2.05) is 48.5 Å². The molecule has 0 heterocycles. The van der Waals surface area contributed by atoms with Crippen LogP contribution < -0.4 is 5.30 Å². The van der Waals surface area contributed by atoms with Gasteiger partial charge in [-0.2, -0.15) is 0 Å². The first-order chi connectivity index (χ1) is 10.8. The van der Waals surface area contributed by atoms with Crippen LogP contribution in [0, 0.1) is 11.3 Å². The molecule has 0 amide bonds. The smallest absolute Gasteiger partial charge is 0.120 e. The average Bonchev–Trinajstić information content (AvgIpc) is 2.47. The van der Waals surface area contributed by atoms with Crippen LogP contribution in [0.5, 0.6) is 0 Å². The van der Waals surface area contributed by atoms with Gasteiger partial charge in [0.05, 0.1) is 0 Å². The van der Waals surface area contributed by atoms with Gasteiger partial charge in [0.15, 0.2) is 0 Å². The van der Waals surface area contributed by atoms with Crippen molar-refractivity contribution in [2.45, 2.75) is 40.3 Å². The number of hydrogen-bond acceptors (Lipinski definition) is 1. The van der Waals surface area contributed by atoms with Crippen LogP contribution in [0.1, 0.15) is 39.7 Å². The third kappa shape index (κ3) is 5.66. The van der Waals surface area contributed by atoms with Crippen LogP contribution >= 0.6 is 7.14 Å². The molecular formula is C21H29OP. The molecule has 124 valence electrons. The molecule has 1 nitrogen and oxygen atoms in total. The quantitative estimate of drug-likeness (QED) is 0.599. The molecule has 0 fully saturated rings. The Hall–Kier alpha value is -1.33. The highest BCUT2D eigenvalue weighted by Crippen LogP contribution is 2.50. The third-order valence-electron chi connectivity index (χ3n) is 4.07. The highest BCUT2D eigenvalue weighted by Gasteiger charge is 2.29. The van der Waals surface area contributed by atoms with E-state index in [-0.39, 0.29) is 5.41 Å². The Morgan fingerprint density at radius 2 is 1.43 bits per heavy atom. The molecule has 0 N–H and O–H groups in total. The molecule has 0 radical (unpaired) electrons. The van der Waals surface area contributed by atoms with Crippen LogP contribution in [-0.2, 0) is 10.7 Å². The molecule has 2 atom stereocenters. The van der Waals surface area contributed by atoms with Crippen molar-refractivity contribution >= 4 is 12.4 Å². The van der Waals surface area contributed by atoms with E-state index in [1.54, 1.807) is 0 Å². The highest BCUT2D eigenvalue weighted by molar-refractivity contribution is 7.70. The van der Waals surface area contributed by atoms with E-state index < -0.39 is 7.14 Å². The Balaban J connectivity index is 2.27. The molecule has 0 aliphatic carbocycles. The SMILES string of the molecule is CC(CC(C)(C)C)CP(=O)(Cc1ccccc1)c1ccccc1. The Morgan fingerprint density at radius 1 is 0.913 bits per heavy atom. The maximum Gasteiger partial charge on any atom is 0.120 e. The fourth-order valence-electron chi connectivity index (χ4n) is 3.45.